The van der Waals surface area contributed by atoms with Gasteiger partial charge in [-0.3, -0.25) is 0 Å². The summed E-state index contributed by atoms with van der Waals surface area (Å²) in [6, 6.07) is 20.1. The Labute approximate surface area is 116 Å². The van der Waals surface area contributed by atoms with Crippen molar-refractivity contribution in [1.82, 2.24) is 0 Å². The molecule has 1 nitrogen and oxygen atoms in total. The van der Waals surface area contributed by atoms with Crippen molar-refractivity contribution < 1.29 is 5.11 Å². The Bertz CT molecular complexity index is 734. The number of rotatable bonds is 2. The minimum absolute atomic E-state index is 0.301. The predicted octanol–water partition coefficient (Wildman–Crippen LogP) is 4.93. The lowest BCUT2D eigenvalue weighted by Crippen LogP contribution is -1.81. The fourth-order valence-electron chi connectivity index (χ4n) is 2.30. The predicted molar refractivity (Wildman–Crippen MR) is 82.8 cm³/mol. The number of thioether (sulfide) groups is 1. The molecule has 1 N–H and O–H groups in total. The molecule has 3 aromatic carbocycles. The second kappa shape index (κ2) is 4.98. The lowest BCUT2D eigenvalue weighted by atomic mass is 10.0. The van der Waals surface area contributed by atoms with Gasteiger partial charge >= 0.3 is 0 Å². The van der Waals surface area contributed by atoms with Crippen molar-refractivity contribution in [3.05, 3.63) is 60.7 Å². The Morgan fingerprint density at radius 1 is 0.842 bits per heavy atom. The molecule has 0 radical (unpaired) electrons. The summed E-state index contributed by atoms with van der Waals surface area (Å²) < 4.78 is 0. The van der Waals surface area contributed by atoms with Gasteiger partial charge in [-0.1, -0.05) is 36.4 Å². The Kier molecular flexibility index (Phi) is 3.18. The molecule has 0 saturated heterocycles. The van der Waals surface area contributed by atoms with Crippen molar-refractivity contribution in [2.45, 2.75) is 4.90 Å². The van der Waals surface area contributed by atoms with Gasteiger partial charge in [0, 0.05) is 4.90 Å². The topological polar surface area (TPSA) is 20.2 Å². The first kappa shape index (κ1) is 12.1. The first-order valence-electron chi connectivity index (χ1n) is 6.14. The van der Waals surface area contributed by atoms with Gasteiger partial charge in [0.25, 0.3) is 0 Å². The molecule has 0 aromatic heterocycles. The number of benzene rings is 3. The van der Waals surface area contributed by atoms with Gasteiger partial charge in [0.1, 0.15) is 5.75 Å². The fourth-order valence-corrected chi connectivity index (χ4v) is 2.92. The molecular weight excluding hydrogens is 252 g/mol. The number of phenolic OH excluding ortho intramolecular Hbond substituents is 1. The van der Waals surface area contributed by atoms with Crippen molar-refractivity contribution in [2.75, 3.05) is 6.26 Å². The van der Waals surface area contributed by atoms with E-state index >= 15 is 0 Å². The van der Waals surface area contributed by atoms with Crippen LogP contribution in [-0.2, 0) is 0 Å². The molecule has 0 saturated carbocycles. The van der Waals surface area contributed by atoms with Crippen molar-refractivity contribution in [3.8, 4) is 16.9 Å². The van der Waals surface area contributed by atoms with Crippen molar-refractivity contribution >= 4 is 22.5 Å². The Balaban J connectivity index is 2.17. The average Bonchev–Trinajstić information content (AvgIpc) is 2.46. The number of fused-ring (bicyclic) bond motifs is 1. The summed E-state index contributed by atoms with van der Waals surface area (Å²) in [5.74, 6) is 0.301. The van der Waals surface area contributed by atoms with Gasteiger partial charge in [-0.05, 0) is 52.4 Å². The third-order valence-corrected chi connectivity index (χ3v) is 4.04. The number of hydrogen-bond donors (Lipinski definition) is 1. The first-order valence-corrected chi connectivity index (χ1v) is 7.36. The summed E-state index contributed by atoms with van der Waals surface area (Å²) >= 11 is 1.76. The second-order valence-electron chi connectivity index (χ2n) is 4.45. The third-order valence-electron chi connectivity index (χ3n) is 3.24. The SMILES string of the molecule is CSc1cccc2cc(-c3cccc(O)c3)ccc12. The van der Waals surface area contributed by atoms with Crippen LogP contribution < -0.4 is 0 Å². The van der Waals surface area contributed by atoms with E-state index < -0.39 is 0 Å². The standard InChI is InChI=1S/C17H14OS/c1-19-17-7-3-5-14-10-13(8-9-16(14)17)12-4-2-6-15(18)11-12/h2-11,18H,1H3. The van der Waals surface area contributed by atoms with Crippen LogP contribution in [0.2, 0.25) is 0 Å². The van der Waals surface area contributed by atoms with Crippen LogP contribution in [0.4, 0.5) is 0 Å². The van der Waals surface area contributed by atoms with E-state index in [9.17, 15) is 5.11 Å². The minimum Gasteiger partial charge on any atom is -0.508 e. The van der Waals surface area contributed by atoms with E-state index in [1.54, 1.807) is 23.9 Å². The zero-order valence-corrected chi connectivity index (χ0v) is 11.4. The van der Waals surface area contributed by atoms with Crippen LogP contribution in [-0.4, -0.2) is 11.4 Å². The van der Waals surface area contributed by atoms with Gasteiger partial charge in [0.15, 0.2) is 0 Å². The van der Waals surface area contributed by atoms with E-state index in [2.05, 4.69) is 42.7 Å². The maximum atomic E-state index is 9.57. The van der Waals surface area contributed by atoms with Gasteiger partial charge in [0.2, 0.25) is 0 Å². The van der Waals surface area contributed by atoms with Crippen LogP contribution in [0, 0.1) is 0 Å². The zero-order chi connectivity index (χ0) is 13.2. The smallest absolute Gasteiger partial charge is 0.116 e. The van der Waals surface area contributed by atoms with Gasteiger partial charge in [-0.25, -0.2) is 0 Å². The highest BCUT2D eigenvalue weighted by Gasteiger charge is 2.03. The largest absolute Gasteiger partial charge is 0.508 e. The normalized spacial score (nSPS) is 10.8. The van der Waals surface area contributed by atoms with Gasteiger partial charge < -0.3 is 5.11 Å². The third kappa shape index (κ3) is 2.32. The van der Waals surface area contributed by atoms with Crippen molar-refractivity contribution in [2.24, 2.45) is 0 Å². The van der Waals surface area contributed by atoms with Gasteiger partial charge in [0.05, 0.1) is 0 Å². The van der Waals surface area contributed by atoms with Gasteiger partial charge in [-0.2, -0.15) is 0 Å². The zero-order valence-electron chi connectivity index (χ0n) is 10.6. The van der Waals surface area contributed by atoms with E-state index in [-0.39, 0.29) is 0 Å². The van der Waals surface area contributed by atoms with Crippen LogP contribution in [0.15, 0.2) is 65.6 Å². The summed E-state index contributed by atoms with van der Waals surface area (Å²) in [6.07, 6.45) is 2.10. The fraction of sp³-hybridized carbons (Fsp3) is 0.0588. The molecule has 0 spiro atoms. The highest BCUT2D eigenvalue weighted by molar-refractivity contribution is 7.98. The lowest BCUT2D eigenvalue weighted by Gasteiger charge is -2.07. The summed E-state index contributed by atoms with van der Waals surface area (Å²) in [6.45, 7) is 0. The molecule has 19 heavy (non-hydrogen) atoms. The van der Waals surface area contributed by atoms with Crippen molar-refractivity contribution in [1.29, 1.82) is 0 Å². The number of phenols is 1. The Morgan fingerprint density at radius 3 is 2.42 bits per heavy atom. The second-order valence-corrected chi connectivity index (χ2v) is 5.29. The summed E-state index contributed by atoms with van der Waals surface area (Å²) in [4.78, 5) is 1.29. The van der Waals surface area contributed by atoms with Crippen molar-refractivity contribution in [3.63, 3.8) is 0 Å². The number of aromatic hydroxyl groups is 1. The summed E-state index contributed by atoms with van der Waals surface area (Å²) in [5, 5.41) is 12.1. The van der Waals surface area contributed by atoms with Crippen LogP contribution in [0.25, 0.3) is 21.9 Å². The molecule has 94 valence electrons. The Morgan fingerprint density at radius 2 is 1.63 bits per heavy atom. The molecule has 0 fully saturated rings. The molecule has 0 aliphatic carbocycles. The number of hydrogen-bond acceptors (Lipinski definition) is 2. The molecule has 0 bridgehead atoms. The maximum Gasteiger partial charge on any atom is 0.116 e. The monoisotopic (exact) mass is 266 g/mol. The average molecular weight is 266 g/mol. The van der Waals surface area contributed by atoms with E-state index in [0.717, 1.165) is 11.1 Å². The van der Waals surface area contributed by atoms with Crippen LogP contribution in [0.5, 0.6) is 5.75 Å². The molecule has 3 rings (SSSR count). The summed E-state index contributed by atoms with van der Waals surface area (Å²) in [7, 11) is 0. The molecule has 3 aromatic rings. The highest BCUT2D eigenvalue weighted by Crippen LogP contribution is 2.31. The highest BCUT2D eigenvalue weighted by atomic mass is 32.2. The molecule has 0 amide bonds. The van der Waals surface area contributed by atoms with Gasteiger partial charge in [-0.15, -0.1) is 11.8 Å². The molecule has 0 aliphatic rings. The van der Waals surface area contributed by atoms with E-state index in [1.807, 2.05) is 12.1 Å². The molecule has 0 atom stereocenters. The van der Waals surface area contributed by atoms with Crippen LogP contribution in [0.1, 0.15) is 0 Å². The van der Waals surface area contributed by atoms with E-state index in [4.69, 9.17) is 0 Å². The van der Waals surface area contributed by atoms with E-state index in [1.165, 1.54) is 15.7 Å². The molecular formula is C17H14OS. The first-order chi connectivity index (χ1) is 9.28. The molecule has 0 aliphatic heterocycles. The van der Waals surface area contributed by atoms with Crippen LogP contribution >= 0.6 is 11.8 Å². The Hall–Kier alpha value is -1.93. The minimum atomic E-state index is 0.301. The quantitative estimate of drug-likeness (QED) is 0.663. The molecule has 2 heteroatoms. The van der Waals surface area contributed by atoms with Crippen LogP contribution in [0.3, 0.4) is 0 Å². The molecule has 0 unspecified atom stereocenters. The maximum absolute atomic E-state index is 9.57. The lowest BCUT2D eigenvalue weighted by molar-refractivity contribution is 0.475. The van der Waals surface area contributed by atoms with E-state index in [0.29, 0.717) is 5.75 Å². The molecule has 0 heterocycles. The summed E-state index contributed by atoms with van der Waals surface area (Å²) in [5.41, 5.74) is 2.16.